The molecule has 20 heavy (non-hydrogen) atoms. The zero-order valence-electron chi connectivity index (χ0n) is 10.1. The highest BCUT2D eigenvalue weighted by Crippen LogP contribution is 2.27. The van der Waals surface area contributed by atoms with Crippen LogP contribution in [-0.2, 0) is 0 Å². The molecule has 0 radical (unpaired) electrons. The average molecular weight is 310 g/mol. The molecule has 2 aromatic rings. The van der Waals surface area contributed by atoms with Crippen LogP contribution in [0.25, 0.3) is 0 Å². The normalized spacial score (nSPS) is 11.2. The first-order valence-electron chi connectivity index (χ1n) is 5.56. The Labute approximate surface area is 125 Å². The van der Waals surface area contributed by atoms with Crippen molar-refractivity contribution >= 4 is 34.9 Å². The van der Waals surface area contributed by atoms with Gasteiger partial charge in [-0.25, -0.2) is 0 Å². The van der Waals surface area contributed by atoms with Crippen molar-refractivity contribution in [3.63, 3.8) is 0 Å². The van der Waals surface area contributed by atoms with Gasteiger partial charge in [-0.1, -0.05) is 53.5 Å². The SMILES string of the molecule is O=C(C(=NO)Oc1ccc(Cl)cc1Cl)c1ccccc1. The second-order valence-electron chi connectivity index (χ2n) is 3.78. The van der Waals surface area contributed by atoms with Crippen molar-refractivity contribution in [3.05, 3.63) is 64.1 Å². The number of nitrogens with zero attached hydrogens (tertiary/aromatic N) is 1. The van der Waals surface area contributed by atoms with Gasteiger partial charge in [0, 0.05) is 10.6 Å². The van der Waals surface area contributed by atoms with Crippen molar-refractivity contribution in [1.29, 1.82) is 0 Å². The summed E-state index contributed by atoms with van der Waals surface area (Å²) in [6, 6.07) is 12.8. The lowest BCUT2D eigenvalue weighted by molar-refractivity contribution is 0.104. The molecular weight excluding hydrogens is 301 g/mol. The standard InChI is InChI=1S/C14H9Cl2NO3/c15-10-6-7-12(11(16)8-10)20-14(17-19)13(18)9-4-2-1-3-5-9/h1-8,19H. The number of hydrogen-bond donors (Lipinski definition) is 1. The van der Waals surface area contributed by atoms with Gasteiger partial charge in [0.2, 0.25) is 0 Å². The maximum absolute atomic E-state index is 12.1. The highest BCUT2D eigenvalue weighted by atomic mass is 35.5. The molecule has 6 heteroatoms. The molecule has 0 saturated carbocycles. The average Bonchev–Trinajstić information content (AvgIpc) is 2.47. The number of ether oxygens (including phenoxy) is 1. The van der Waals surface area contributed by atoms with E-state index in [1.165, 1.54) is 12.1 Å². The zero-order chi connectivity index (χ0) is 14.5. The van der Waals surface area contributed by atoms with Gasteiger partial charge in [0.25, 0.3) is 5.78 Å². The van der Waals surface area contributed by atoms with E-state index in [1.807, 2.05) is 0 Å². The predicted octanol–water partition coefficient (Wildman–Crippen LogP) is 4.04. The third kappa shape index (κ3) is 3.29. The molecule has 0 aliphatic carbocycles. The van der Waals surface area contributed by atoms with Gasteiger partial charge in [0.1, 0.15) is 5.75 Å². The zero-order valence-corrected chi connectivity index (χ0v) is 11.6. The molecular formula is C14H9Cl2NO3. The fourth-order valence-corrected chi connectivity index (χ4v) is 1.93. The van der Waals surface area contributed by atoms with Crippen LogP contribution in [0.5, 0.6) is 5.75 Å². The quantitative estimate of drug-likeness (QED) is 0.306. The maximum atomic E-state index is 12.1. The maximum Gasteiger partial charge on any atom is 0.304 e. The van der Waals surface area contributed by atoms with Gasteiger partial charge in [-0.05, 0) is 23.4 Å². The van der Waals surface area contributed by atoms with Crippen LogP contribution < -0.4 is 4.74 Å². The number of benzene rings is 2. The summed E-state index contributed by atoms with van der Waals surface area (Å²) < 4.78 is 5.23. The van der Waals surface area contributed by atoms with E-state index in [0.29, 0.717) is 10.6 Å². The van der Waals surface area contributed by atoms with Crippen LogP contribution in [0, 0.1) is 0 Å². The summed E-state index contributed by atoms with van der Waals surface area (Å²) >= 11 is 11.7. The molecule has 0 fully saturated rings. The number of rotatable bonds is 3. The highest BCUT2D eigenvalue weighted by Gasteiger charge is 2.18. The Morgan fingerprint density at radius 1 is 1.10 bits per heavy atom. The fourth-order valence-electron chi connectivity index (χ4n) is 1.49. The van der Waals surface area contributed by atoms with Crippen molar-refractivity contribution in [2.75, 3.05) is 0 Å². The van der Waals surface area contributed by atoms with E-state index in [0.717, 1.165) is 0 Å². The first kappa shape index (κ1) is 14.4. The topological polar surface area (TPSA) is 58.9 Å². The van der Waals surface area contributed by atoms with Crippen LogP contribution in [0.4, 0.5) is 0 Å². The third-order valence-corrected chi connectivity index (χ3v) is 2.95. The molecule has 0 bridgehead atoms. The van der Waals surface area contributed by atoms with Gasteiger partial charge in [-0.2, -0.15) is 0 Å². The molecule has 4 nitrogen and oxygen atoms in total. The van der Waals surface area contributed by atoms with Crippen LogP contribution in [0.15, 0.2) is 53.7 Å². The summed E-state index contributed by atoms with van der Waals surface area (Å²) in [6.45, 7) is 0. The molecule has 2 rings (SSSR count). The molecule has 0 heterocycles. The second kappa shape index (κ2) is 6.41. The number of ketones is 1. The van der Waals surface area contributed by atoms with Gasteiger partial charge in [-0.15, -0.1) is 0 Å². The number of Topliss-reactive ketones (excluding diaryl/α,β-unsaturated/α-hetero) is 1. The lowest BCUT2D eigenvalue weighted by atomic mass is 10.1. The van der Waals surface area contributed by atoms with Crippen molar-refractivity contribution in [3.8, 4) is 5.75 Å². The number of carbonyl (C=O) groups excluding carboxylic acids is 1. The molecule has 0 aromatic heterocycles. The highest BCUT2D eigenvalue weighted by molar-refractivity contribution is 6.43. The lowest BCUT2D eigenvalue weighted by Crippen LogP contribution is -2.21. The minimum absolute atomic E-state index is 0.174. The van der Waals surface area contributed by atoms with Crippen molar-refractivity contribution in [2.45, 2.75) is 0 Å². The number of oxime groups is 1. The molecule has 2 aromatic carbocycles. The fraction of sp³-hybridized carbons (Fsp3) is 0. The molecule has 1 N–H and O–H groups in total. The summed E-state index contributed by atoms with van der Waals surface area (Å²) in [6.07, 6.45) is 0. The van der Waals surface area contributed by atoms with Gasteiger partial charge >= 0.3 is 5.90 Å². The molecule has 102 valence electrons. The van der Waals surface area contributed by atoms with Gasteiger partial charge < -0.3 is 9.94 Å². The van der Waals surface area contributed by atoms with E-state index < -0.39 is 11.7 Å². The number of hydrogen-bond acceptors (Lipinski definition) is 4. The number of halogens is 2. The lowest BCUT2D eigenvalue weighted by Gasteiger charge is -2.08. The van der Waals surface area contributed by atoms with E-state index >= 15 is 0 Å². The number of carbonyl (C=O) groups is 1. The minimum atomic E-state index is -0.556. The molecule has 0 aliphatic rings. The van der Waals surface area contributed by atoms with Crippen LogP contribution >= 0.6 is 23.2 Å². The molecule has 0 unspecified atom stereocenters. The van der Waals surface area contributed by atoms with E-state index in [-0.39, 0.29) is 10.8 Å². The van der Waals surface area contributed by atoms with Gasteiger partial charge in [-0.3, -0.25) is 4.79 Å². The summed E-state index contributed by atoms with van der Waals surface area (Å²) in [5, 5.41) is 12.5. The minimum Gasteiger partial charge on any atom is -0.432 e. The van der Waals surface area contributed by atoms with Gasteiger partial charge in [0.05, 0.1) is 5.02 Å². The molecule has 0 amide bonds. The Balaban J connectivity index is 2.24. The van der Waals surface area contributed by atoms with Crippen LogP contribution in [0.2, 0.25) is 10.0 Å². The first-order valence-corrected chi connectivity index (χ1v) is 6.32. The van der Waals surface area contributed by atoms with Crippen LogP contribution in [0.3, 0.4) is 0 Å². The van der Waals surface area contributed by atoms with Crippen molar-refractivity contribution in [1.82, 2.24) is 0 Å². The second-order valence-corrected chi connectivity index (χ2v) is 4.62. The van der Waals surface area contributed by atoms with E-state index in [1.54, 1.807) is 36.4 Å². The van der Waals surface area contributed by atoms with E-state index in [2.05, 4.69) is 5.16 Å². The predicted molar refractivity (Wildman–Crippen MR) is 77.1 cm³/mol. The van der Waals surface area contributed by atoms with E-state index in [4.69, 9.17) is 33.1 Å². The van der Waals surface area contributed by atoms with E-state index in [9.17, 15) is 4.79 Å². The Hall–Kier alpha value is -2.04. The molecule has 0 atom stereocenters. The smallest absolute Gasteiger partial charge is 0.304 e. The first-order chi connectivity index (χ1) is 9.61. The Kier molecular flexibility index (Phi) is 4.61. The monoisotopic (exact) mass is 309 g/mol. The van der Waals surface area contributed by atoms with Crippen LogP contribution in [-0.4, -0.2) is 16.9 Å². The van der Waals surface area contributed by atoms with Crippen LogP contribution in [0.1, 0.15) is 10.4 Å². The molecule has 0 aliphatic heterocycles. The Morgan fingerprint density at radius 3 is 2.40 bits per heavy atom. The summed E-state index contributed by atoms with van der Waals surface area (Å²) in [5.74, 6) is -0.854. The summed E-state index contributed by atoms with van der Waals surface area (Å²) in [4.78, 5) is 12.1. The summed E-state index contributed by atoms with van der Waals surface area (Å²) in [7, 11) is 0. The third-order valence-electron chi connectivity index (χ3n) is 2.42. The summed E-state index contributed by atoms with van der Waals surface area (Å²) in [5.41, 5.74) is 0.338. The van der Waals surface area contributed by atoms with Crippen molar-refractivity contribution < 1.29 is 14.7 Å². The Bertz CT molecular complexity index is 657. The Morgan fingerprint density at radius 2 is 1.80 bits per heavy atom. The molecule has 0 saturated heterocycles. The molecule has 0 spiro atoms. The van der Waals surface area contributed by atoms with Crippen molar-refractivity contribution in [2.24, 2.45) is 5.16 Å². The van der Waals surface area contributed by atoms with Gasteiger partial charge in [0.15, 0.2) is 0 Å². The largest absolute Gasteiger partial charge is 0.432 e.